The van der Waals surface area contributed by atoms with E-state index in [1.807, 2.05) is 60.0 Å². The minimum atomic E-state index is -0.731. The number of aliphatic hydroxyl groups excluding tert-OH is 1. The average molecular weight is 602 g/mol. The number of fused-ring (bicyclic) bond motifs is 1. The molecule has 0 aliphatic carbocycles. The number of hydrogen-bond donors (Lipinski definition) is 1. The number of nitro benzene ring substituents is 1. The smallest absolute Gasteiger partial charge is 0.410 e. The van der Waals surface area contributed by atoms with Gasteiger partial charge >= 0.3 is 12.1 Å². The molecule has 0 radical (unpaired) electrons. The number of amides is 1. The normalized spacial score (nSPS) is 12.9. The van der Waals surface area contributed by atoms with Crippen molar-refractivity contribution in [3.05, 3.63) is 111 Å². The van der Waals surface area contributed by atoms with E-state index >= 15 is 0 Å². The average Bonchev–Trinajstić information content (AvgIpc) is 3.31. The van der Waals surface area contributed by atoms with Crippen molar-refractivity contribution in [2.75, 3.05) is 6.54 Å². The van der Waals surface area contributed by atoms with Gasteiger partial charge in [-0.3, -0.25) is 10.1 Å². The summed E-state index contributed by atoms with van der Waals surface area (Å²) < 4.78 is 13.1. The number of hydrogen-bond acceptors (Lipinski definition) is 7. The maximum absolute atomic E-state index is 13.4. The molecule has 0 spiro atoms. The second kappa shape index (κ2) is 13.7. The molecule has 0 fully saturated rings. The van der Waals surface area contributed by atoms with Crippen molar-refractivity contribution in [3.63, 3.8) is 0 Å². The topological polar surface area (TPSA) is 124 Å². The zero-order chi connectivity index (χ0) is 32.0. The van der Waals surface area contributed by atoms with Crippen LogP contribution in [0.15, 0.2) is 78.9 Å². The monoisotopic (exact) mass is 601 g/mol. The van der Waals surface area contributed by atoms with E-state index < -0.39 is 28.7 Å². The summed E-state index contributed by atoms with van der Waals surface area (Å²) in [6.07, 6.45) is -0.738. The minimum Gasteiger partial charge on any atom is -0.456 e. The van der Waals surface area contributed by atoms with E-state index in [4.69, 9.17) is 9.47 Å². The third kappa shape index (κ3) is 8.44. The van der Waals surface area contributed by atoms with Crippen LogP contribution in [0.25, 0.3) is 10.9 Å². The SMILES string of the molecule is CC(Cc1ccc2c(c1)cc(C(=O)OCc1ccccc1)n2Cc1ccc([N+](=O)[O-])cc1)N(C[C@H](C)O)C(=O)OC(C)(C)C. The first-order valence-corrected chi connectivity index (χ1v) is 14.5. The van der Waals surface area contributed by atoms with E-state index in [0.29, 0.717) is 18.7 Å². The Hall–Kier alpha value is -4.70. The lowest BCUT2D eigenvalue weighted by atomic mass is 10.0. The minimum absolute atomic E-state index is 0.0108. The van der Waals surface area contributed by atoms with Gasteiger partial charge in [-0.05, 0) is 75.9 Å². The van der Waals surface area contributed by atoms with Crippen LogP contribution in [0, 0.1) is 10.1 Å². The van der Waals surface area contributed by atoms with Gasteiger partial charge in [0.25, 0.3) is 5.69 Å². The first kappa shape index (κ1) is 32.2. The van der Waals surface area contributed by atoms with Crippen LogP contribution in [0.1, 0.15) is 61.8 Å². The van der Waals surface area contributed by atoms with E-state index in [-0.39, 0.29) is 24.9 Å². The second-order valence-corrected chi connectivity index (χ2v) is 12.0. The van der Waals surface area contributed by atoms with E-state index in [1.165, 1.54) is 17.0 Å². The molecule has 232 valence electrons. The quantitative estimate of drug-likeness (QED) is 0.118. The Morgan fingerprint density at radius 2 is 1.61 bits per heavy atom. The second-order valence-electron chi connectivity index (χ2n) is 12.0. The molecule has 0 saturated carbocycles. The summed E-state index contributed by atoms with van der Waals surface area (Å²) >= 11 is 0. The molecule has 1 heterocycles. The molecule has 1 aromatic heterocycles. The fraction of sp³-hybridized carbons (Fsp3) is 0.353. The summed E-state index contributed by atoms with van der Waals surface area (Å²) in [5, 5.41) is 22.0. The predicted octanol–water partition coefficient (Wildman–Crippen LogP) is 6.50. The molecule has 0 bridgehead atoms. The fourth-order valence-corrected chi connectivity index (χ4v) is 4.98. The Bertz CT molecular complexity index is 1610. The summed E-state index contributed by atoms with van der Waals surface area (Å²) in [5.74, 6) is -0.491. The maximum Gasteiger partial charge on any atom is 0.410 e. The van der Waals surface area contributed by atoms with E-state index in [0.717, 1.165) is 27.6 Å². The molecule has 10 heteroatoms. The highest BCUT2D eigenvalue weighted by Crippen LogP contribution is 2.26. The molecule has 0 saturated heterocycles. The van der Waals surface area contributed by atoms with Crippen LogP contribution in [0.5, 0.6) is 0 Å². The molecule has 4 aromatic rings. The van der Waals surface area contributed by atoms with Gasteiger partial charge in [0.2, 0.25) is 0 Å². The van der Waals surface area contributed by atoms with E-state index in [1.54, 1.807) is 45.9 Å². The van der Waals surface area contributed by atoms with Gasteiger partial charge in [-0.15, -0.1) is 0 Å². The van der Waals surface area contributed by atoms with Gasteiger partial charge in [0.1, 0.15) is 17.9 Å². The molecule has 4 rings (SSSR count). The van der Waals surface area contributed by atoms with Crippen LogP contribution in [0.2, 0.25) is 0 Å². The number of aliphatic hydroxyl groups is 1. The van der Waals surface area contributed by atoms with Crippen molar-refractivity contribution in [2.24, 2.45) is 0 Å². The number of carbonyl (C=O) groups is 2. The van der Waals surface area contributed by atoms with Crippen LogP contribution in [0.4, 0.5) is 10.5 Å². The Morgan fingerprint density at radius 1 is 0.955 bits per heavy atom. The summed E-state index contributed by atoms with van der Waals surface area (Å²) in [6, 6.07) is 23.0. The Balaban J connectivity index is 1.64. The van der Waals surface area contributed by atoms with Gasteiger partial charge in [-0.2, -0.15) is 0 Å². The van der Waals surface area contributed by atoms with E-state index in [9.17, 15) is 24.8 Å². The Kier molecular flexibility index (Phi) is 10.1. The highest BCUT2D eigenvalue weighted by molar-refractivity contribution is 5.96. The van der Waals surface area contributed by atoms with Crippen LogP contribution < -0.4 is 0 Å². The number of ether oxygens (including phenoxy) is 2. The molecule has 1 N–H and O–H groups in total. The van der Waals surface area contributed by atoms with Crippen LogP contribution in [-0.4, -0.2) is 55.9 Å². The van der Waals surface area contributed by atoms with Gasteiger partial charge in [0, 0.05) is 42.2 Å². The highest BCUT2D eigenvalue weighted by Gasteiger charge is 2.27. The third-order valence-electron chi connectivity index (χ3n) is 7.03. The molecule has 3 aromatic carbocycles. The number of benzene rings is 3. The molecule has 1 unspecified atom stereocenters. The molecular formula is C34H39N3O7. The number of esters is 1. The summed E-state index contributed by atoms with van der Waals surface area (Å²) in [5.41, 5.74) is 3.04. The van der Waals surface area contributed by atoms with Crippen LogP contribution >= 0.6 is 0 Å². The highest BCUT2D eigenvalue weighted by atomic mass is 16.6. The first-order valence-electron chi connectivity index (χ1n) is 14.5. The van der Waals surface area contributed by atoms with Crippen molar-refractivity contribution < 1.29 is 29.1 Å². The lowest BCUT2D eigenvalue weighted by molar-refractivity contribution is -0.384. The van der Waals surface area contributed by atoms with Crippen molar-refractivity contribution in [1.82, 2.24) is 9.47 Å². The Morgan fingerprint density at radius 3 is 2.23 bits per heavy atom. The van der Waals surface area contributed by atoms with Crippen molar-refractivity contribution in [1.29, 1.82) is 0 Å². The number of rotatable bonds is 11. The summed E-state index contributed by atoms with van der Waals surface area (Å²) in [7, 11) is 0. The van der Waals surface area contributed by atoms with Gasteiger partial charge < -0.3 is 24.0 Å². The number of non-ortho nitro benzene ring substituents is 1. The lowest BCUT2D eigenvalue weighted by Gasteiger charge is -2.32. The predicted molar refractivity (Wildman–Crippen MR) is 167 cm³/mol. The number of aromatic nitrogens is 1. The Labute approximate surface area is 257 Å². The fourth-order valence-electron chi connectivity index (χ4n) is 4.98. The number of nitrogens with zero attached hydrogens (tertiary/aromatic N) is 3. The largest absolute Gasteiger partial charge is 0.456 e. The standard InChI is InChI=1S/C34H39N3O7/c1-23(35(20-24(2)38)33(40)44-34(3,4)5)17-27-13-16-30-28(18-27)19-31(32(39)43-22-26-9-7-6-8-10-26)36(30)21-25-11-14-29(15-12-25)37(41)42/h6-16,18-19,23-24,38H,17,20-22H2,1-5H3/t23?,24-/m0/s1. The zero-order valence-corrected chi connectivity index (χ0v) is 25.7. The van der Waals surface area contributed by atoms with Gasteiger partial charge in [0.15, 0.2) is 0 Å². The summed E-state index contributed by atoms with van der Waals surface area (Å²) in [6.45, 7) is 9.47. The number of carbonyl (C=O) groups excluding carboxylic acids is 2. The maximum atomic E-state index is 13.4. The third-order valence-corrected chi connectivity index (χ3v) is 7.03. The molecule has 1 amide bonds. The molecule has 0 aliphatic rings. The molecule has 0 aliphatic heterocycles. The zero-order valence-electron chi connectivity index (χ0n) is 25.7. The van der Waals surface area contributed by atoms with Crippen LogP contribution in [0.3, 0.4) is 0 Å². The van der Waals surface area contributed by atoms with Crippen molar-refractivity contribution in [2.45, 2.75) is 71.9 Å². The van der Waals surface area contributed by atoms with E-state index in [2.05, 4.69) is 0 Å². The first-order chi connectivity index (χ1) is 20.8. The van der Waals surface area contributed by atoms with Crippen molar-refractivity contribution >= 4 is 28.7 Å². The molecular weight excluding hydrogens is 562 g/mol. The number of nitro groups is 1. The van der Waals surface area contributed by atoms with Crippen LogP contribution in [-0.2, 0) is 29.0 Å². The molecule has 44 heavy (non-hydrogen) atoms. The van der Waals surface area contributed by atoms with Gasteiger partial charge in [-0.25, -0.2) is 9.59 Å². The molecule has 2 atom stereocenters. The van der Waals surface area contributed by atoms with Crippen molar-refractivity contribution in [3.8, 4) is 0 Å². The van der Waals surface area contributed by atoms with Gasteiger partial charge in [-0.1, -0.05) is 48.5 Å². The lowest BCUT2D eigenvalue weighted by Crippen LogP contribution is -2.46. The summed E-state index contributed by atoms with van der Waals surface area (Å²) in [4.78, 5) is 38.5. The molecule has 10 nitrogen and oxygen atoms in total. The van der Waals surface area contributed by atoms with Gasteiger partial charge in [0.05, 0.1) is 11.0 Å².